The number of nitrogens with one attached hydrogen (secondary N) is 1. The maximum atomic E-state index is 12.7. The van der Waals surface area contributed by atoms with Gasteiger partial charge in [-0.05, 0) is 36.2 Å². The zero-order chi connectivity index (χ0) is 19.6. The number of anilines is 1. The summed E-state index contributed by atoms with van der Waals surface area (Å²) in [5.74, 6) is 0.0958. The summed E-state index contributed by atoms with van der Waals surface area (Å²) in [6, 6.07) is 12.1. The molecular weight excluding hydrogens is 344 g/mol. The summed E-state index contributed by atoms with van der Waals surface area (Å²) in [5.41, 5.74) is 8.43. The van der Waals surface area contributed by atoms with Gasteiger partial charge in [-0.15, -0.1) is 0 Å². The number of aromatic nitrogens is 2. The highest BCUT2D eigenvalue weighted by Crippen LogP contribution is 2.30. The zero-order valence-corrected chi connectivity index (χ0v) is 15.3. The van der Waals surface area contributed by atoms with Gasteiger partial charge in [0.25, 0.3) is 5.91 Å². The zero-order valence-electron chi connectivity index (χ0n) is 15.3. The van der Waals surface area contributed by atoms with Crippen molar-refractivity contribution in [2.24, 2.45) is 12.8 Å². The first-order valence-electron chi connectivity index (χ1n) is 8.29. The third-order valence-corrected chi connectivity index (χ3v) is 4.21. The molecule has 0 atom stereocenters. The average Bonchev–Trinajstić information content (AvgIpc) is 3.02. The molecule has 0 saturated heterocycles. The molecule has 27 heavy (non-hydrogen) atoms. The smallest absolute Gasteiger partial charge is 0.257 e. The number of primary amides is 1. The van der Waals surface area contributed by atoms with Gasteiger partial charge >= 0.3 is 0 Å². The van der Waals surface area contributed by atoms with Crippen LogP contribution in [-0.2, 0) is 7.05 Å². The summed E-state index contributed by atoms with van der Waals surface area (Å²) in [5, 5.41) is 7.12. The van der Waals surface area contributed by atoms with Crippen molar-refractivity contribution in [3.05, 3.63) is 65.4 Å². The second-order valence-corrected chi connectivity index (χ2v) is 6.11. The minimum absolute atomic E-state index is 0.329. The molecule has 3 N–H and O–H groups in total. The minimum atomic E-state index is -0.546. The van der Waals surface area contributed by atoms with Crippen LogP contribution in [-0.4, -0.2) is 28.7 Å². The molecule has 0 aliphatic heterocycles. The predicted octanol–water partition coefficient (Wildman–Crippen LogP) is 2.76. The van der Waals surface area contributed by atoms with Gasteiger partial charge in [-0.2, -0.15) is 5.10 Å². The highest BCUT2D eigenvalue weighted by Gasteiger charge is 2.18. The molecule has 0 bridgehead atoms. The Balaban J connectivity index is 1.98. The van der Waals surface area contributed by atoms with E-state index >= 15 is 0 Å². The molecule has 0 unspecified atom stereocenters. The van der Waals surface area contributed by atoms with E-state index in [9.17, 15) is 9.59 Å². The fourth-order valence-corrected chi connectivity index (χ4v) is 2.85. The van der Waals surface area contributed by atoms with Crippen molar-refractivity contribution in [1.29, 1.82) is 0 Å². The lowest BCUT2D eigenvalue weighted by atomic mass is 10.0. The van der Waals surface area contributed by atoms with E-state index in [1.54, 1.807) is 61.4 Å². The summed E-state index contributed by atoms with van der Waals surface area (Å²) in [6.45, 7) is 1.90. The first-order chi connectivity index (χ1) is 12.9. The van der Waals surface area contributed by atoms with Gasteiger partial charge in [0.2, 0.25) is 5.91 Å². The lowest BCUT2D eigenvalue weighted by Crippen LogP contribution is -2.15. The normalized spacial score (nSPS) is 10.5. The van der Waals surface area contributed by atoms with Crippen molar-refractivity contribution < 1.29 is 14.3 Å². The number of benzene rings is 2. The Morgan fingerprint density at radius 1 is 1.15 bits per heavy atom. The van der Waals surface area contributed by atoms with Crippen LogP contribution in [0.4, 0.5) is 5.82 Å². The fraction of sp³-hybridized carbons (Fsp3) is 0.150. The van der Waals surface area contributed by atoms with E-state index in [4.69, 9.17) is 10.5 Å². The van der Waals surface area contributed by atoms with E-state index in [2.05, 4.69) is 10.4 Å². The third-order valence-electron chi connectivity index (χ3n) is 4.21. The molecule has 0 radical (unpaired) electrons. The third kappa shape index (κ3) is 3.67. The highest BCUT2D eigenvalue weighted by molar-refractivity contribution is 6.07. The van der Waals surface area contributed by atoms with E-state index < -0.39 is 5.91 Å². The number of methoxy groups -OCH3 is 1. The van der Waals surface area contributed by atoms with Gasteiger partial charge in [-0.25, -0.2) is 0 Å². The molecule has 0 aliphatic carbocycles. The van der Waals surface area contributed by atoms with Crippen LogP contribution in [0.25, 0.3) is 11.1 Å². The van der Waals surface area contributed by atoms with Gasteiger partial charge < -0.3 is 15.8 Å². The lowest BCUT2D eigenvalue weighted by Gasteiger charge is -2.10. The monoisotopic (exact) mass is 364 g/mol. The number of carbonyl (C=O) groups is 2. The number of nitrogens with zero attached hydrogens (tertiary/aromatic N) is 2. The van der Waals surface area contributed by atoms with Gasteiger partial charge in [0.1, 0.15) is 5.75 Å². The number of hydrogen-bond donors (Lipinski definition) is 2. The molecule has 0 fully saturated rings. The van der Waals surface area contributed by atoms with Crippen LogP contribution < -0.4 is 15.8 Å². The molecule has 2 aromatic carbocycles. The van der Waals surface area contributed by atoms with Crippen molar-refractivity contribution in [3.63, 3.8) is 0 Å². The van der Waals surface area contributed by atoms with Gasteiger partial charge in [-0.3, -0.25) is 14.3 Å². The molecular formula is C20H20N4O3. The highest BCUT2D eigenvalue weighted by atomic mass is 16.5. The SMILES string of the molecule is COc1cc(C(=O)Nc2nn(C)cc2-c2ccccc2C(N)=O)ccc1C. The van der Waals surface area contributed by atoms with E-state index in [1.807, 2.05) is 13.0 Å². The number of aryl methyl sites for hydroxylation is 2. The summed E-state index contributed by atoms with van der Waals surface area (Å²) >= 11 is 0. The summed E-state index contributed by atoms with van der Waals surface area (Å²) in [6.07, 6.45) is 1.73. The Bertz CT molecular complexity index is 1020. The van der Waals surface area contributed by atoms with Gasteiger partial charge in [0.15, 0.2) is 5.82 Å². The summed E-state index contributed by atoms with van der Waals surface area (Å²) in [7, 11) is 3.29. The number of rotatable bonds is 5. The van der Waals surface area contributed by atoms with Crippen LogP contribution in [0.15, 0.2) is 48.7 Å². The molecule has 7 nitrogen and oxygen atoms in total. The van der Waals surface area contributed by atoms with E-state index in [0.717, 1.165) is 5.56 Å². The Labute approximate surface area is 156 Å². The molecule has 1 aromatic heterocycles. The molecule has 2 amide bonds. The standard InChI is InChI=1S/C20H20N4O3/c1-12-8-9-13(10-17(12)27-3)20(26)22-19-16(11-24(2)23-19)14-6-4-5-7-15(14)18(21)25/h4-11H,1-3H3,(H2,21,25)(H,22,23,26). The van der Waals surface area contributed by atoms with E-state index in [0.29, 0.717) is 33.8 Å². The van der Waals surface area contributed by atoms with Crippen LogP contribution in [0.3, 0.4) is 0 Å². The van der Waals surface area contributed by atoms with Crippen molar-refractivity contribution >= 4 is 17.6 Å². The van der Waals surface area contributed by atoms with E-state index in [1.165, 1.54) is 0 Å². The molecule has 0 spiro atoms. The topological polar surface area (TPSA) is 99.2 Å². The number of amides is 2. The van der Waals surface area contributed by atoms with Crippen LogP contribution in [0.5, 0.6) is 5.75 Å². The Kier molecular flexibility index (Phi) is 4.94. The maximum absolute atomic E-state index is 12.7. The number of carbonyl (C=O) groups excluding carboxylic acids is 2. The lowest BCUT2D eigenvalue weighted by molar-refractivity contribution is 0.0998. The largest absolute Gasteiger partial charge is 0.496 e. The number of hydrogen-bond acceptors (Lipinski definition) is 4. The molecule has 1 heterocycles. The number of nitrogens with two attached hydrogens (primary N) is 1. The molecule has 3 aromatic rings. The van der Waals surface area contributed by atoms with Crippen LogP contribution >= 0.6 is 0 Å². The second-order valence-electron chi connectivity index (χ2n) is 6.11. The van der Waals surface area contributed by atoms with Crippen LogP contribution in [0, 0.1) is 6.92 Å². The molecule has 0 saturated carbocycles. The molecule has 7 heteroatoms. The Morgan fingerprint density at radius 2 is 1.89 bits per heavy atom. The molecule has 0 aliphatic rings. The van der Waals surface area contributed by atoms with Gasteiger partial charge in [-0.1, -0.05) is 24.3 Å². The fourth-order valence-electron chi connectivity index (χ4n) is 2.85. The van der Waals surface area contributed by atoms with Gasteiger partial charge in [0.05, 0.1) is 7.11 Å². The summed E-state index contributed by atoms with van der Waals surface area (Å²) < 4.78 is 6.84. The quantitative estimate of drug-likeness (QED) is 0.727. The van der Waals surface area contributed by atoms with Crippen molar-refractivity contribution in [2.45, 2.75) is 6.92 Å². The first kappa shape index (κ1) is 18.2. The van der Waals surface area contributed by atoms with Crippen LogP contribution in [0.2, 0.25) is 0 Å². The summed E-state index contributed by atoms with van der Waals surface area (Å²) in [4.78, 5) is 24.5. The number of ether oxygens (including phenoxy) is 1. The minimum Gasteiger partial charge on any atom is -0.496 e. The maximum Gasteiger partial charge on any atom is 0.257 e. The Hall–Kier alpha value is -3.61. The van der Waals surface area contributed by atoms with Crippen LogP contribution in [0.1, 0.15) is 26.3 Å². The predicted molar refractivity (Wildman–Crippen MR) is 103 cm³/mol. The molecule has 138 valence electrons. The van der Waals surface area contributed by atoms with Crippen molar-refractivity contribution in [2.75, 3.05) is 12.4 Å². The van der Waals surface area contributed by atoms with Gasteiger partial charge in [0, 0.05) is 29.9 Å². The van der Waals surface area contributed by atoms with Crippen molar-refractivity contribution in [1.82, 2.24) is 9.78 Å². The average molecular weight is 364 g/mol. The second kappa shape index (κ2) is 7.33. The first-order valence-corrected chi connectivity index (χ1v) is 8.29. The molecule has 3 rings (SSSR count). The Morgan fingerprint density at radius 3 is 2.59 bits per heavy atom. The van der Waals surface area contributed by atoms with E-state index in [-0.39, 0.29) is 5.91 Å². The van der Waals surface area contributed by atoms with Crippen molar-refractivity contribution in [3.8, 4) is 16.9 Å².